The number of carbonyl (C=O) groups excluding carboxylic acids is 1. The van der Waals surface area contributed by atoms with Gasteiger partial charge in [0.1, 0.15) is 0 Å². The van der Waals surface area contributed by atoms with Gasteiger partial charge < -0.3 is 10.1 Å². The lowest BCUT2D eigenvalue weighted by Gasteiger charge is -2.19. The molecule has 6 heteroatoms. The lowest BCUT2D eigenvalue weighted by molar-refractivity contribution is 0.0796. The Balaban J connectivity index is 1.73. The molecule has 0 fully saturated rings. The van der Waals surface area contributed by atoms with Crippen molar-refractivity contribution in [1.82, 2.24) is 4.90 Å². The van der Waals surface area contributed by atoms with E-state index in [4.69, 9.17) is 5.21 Å². The molecule has 0 saturated carbocycles. The van der Waals surface area contributed by atoms with Crippen LogP contribution < -0.4 is 0 Å². The maximum absolute atomic E-state index is 12.7. The van der Waals surface area contributed by atoms with Gasteiger partial charge in [-0.15, -0.1) is 22.7 Å². The van der Waals surface area contributed by atoms with Gasteiger partial charge in [0.15, 0.2) is 0 Å². The van der Waals surface area contributed by atoms with Gasteiger partial charge in [0, 0.05) is 23.8 Å². The molecule has 116 valence electrons. The molecule has 0 spiro atoms. The summed E-state index contributed by atoms with van der Waals surface area (Å²) in [7, 11) is 1.85. The highest BCUT2D eigenvalue weighted by molar-refractivity contribution is 7.12. The van der Waals surface area contributed by atoms with Crippen molar-refractivity contribution in [2.45, 2.75) is 25.7 Å². The van der Waals surface area contributed by atoms with Crippen molar-refractivity contribution in [3.63, 3.8) is 0 Å². The molecular formula is C16H18N2O2S2. The largest absolute Gasteiger partial charge is 0.411 e. The molecule has 0 saturated heterocycles. The highest BCUT2D eigenvalue weighted by Crippen LogP contribution is 2.31. The first-order valence-corrected chi connectivity index (χ1v) is 9.06. The topological polar surface area (TPSA) is 52.9 Å². The first kappa shape index (κ1) is 15.2. The Morgan fingerprint density at radius 3 is 3.00 bits per heavy atom. The molecule has 0 atom stereocenters. The fourth-order valence-electron chi connectivity index (χ4n) is 2.73. The Kier molecular flexibility index (Phi) is 4.59. The van der Waals surface area contributed by atoms with Gasteiger partial charge >= 0.3 is 0 Å². The lowest BCUT2D eigenvalue weighted by Crippen LogP contribution is -2.29. The van der Waals surface area contributed by atoms with Crippen LogP contribution in [0, 0.1) is 0 Å². The van der Waals surface area contributed by atoms with Crippen LogP contribution in [0.15, 0.2) is 28.0 Å². The van der Waals surface area contributed by atoms with Crippen LogP contribution in [0.3, 0.4) is 0 Å². The van der Waals surface area contributed by atoms with E-state index in [0.29, 0.717) is 12.3 Å². The predicted molar refractivity (Wildman–Crippen MR) is 90.6 cm³/mol. The minimum absolute atomic E-state index is 0.0632. The monoisotopic (exact) mass is 334 g/mol. The molecule has 1 aliphatic rings. The number of fused-ring (bicyclic) bond motifs is 1. The van der Waals surface area contributed by atoms with Crippen LogP contribution in [-0.4, -0.2) is 35.3 Å². The molecular weight excluding hydrogens is 316 g/mol. The zero-order chi connectivity index (χ0) is 15.5. The number of thiophene rings is 2. The maximum atomic E-state index is 12.7. The molecule has 2 heterocycles. The molecule has 3 rings (SSSR count). The molecule has 2 aromatic rings. The quantitative estimate of drug-likeness (QED) is 0.685. The van der Waals surface area contributed by atoms with Crippen molar-refractivity contribution in [1.29, 1.82) is 0 Å². The van der Waals surface area contributed by atoms with Gasteiger partial charge in [-0.05, 0) is 42.7 Å². The summed E-state index contributed by atoms with van der Waals surface area (Å²) in [6.07, 6.45) is 3.49. The van der Waals surface area contributed by atoms with E-state index in [1.807, 2.05) is 18.5 Å². The summed E-state index contributed by atoms with van der Waals surface area (Å²) >= 11 is 3.23. The van der Waals surface area contributed by atoms with Gasteiger partial charge in [0.05, 0.1) is 16.2 Å². The van der Waals surface area contributed by atoms with E-state index >= 15 is 0 Å². The van der Waals surface area contributed by atoms with Crippen LogP contribution in [0.5, 0.6) is 0 Å². The minimum atomic E-state index is 0.0632. The van der Waals surface area contributed by atoms with Gasteiger partial charge in [0.25, 0.3) is 5.91 Å². The number of oxime groups is 1. The summed E-state index contributed by atoms with van der Waals surface area (Å²) in [5, 5.41) is 16.4. The Bertz CT molecular complexity index is 689. The van der Waals surface area contributed by atoms with E-state index in [1.165, 1.54) is 16.2 Å². The van der Waals surface area contributed by atoms with Gasteiger partial charge in [-0.2, -0.15) is 0 Å². The Morgan fingerprint density at radius 1 is 1.41 bits per heavy atom. The van der Waals surface area contributed by atoms with Crippen molar-refractivity contribution < 1.29 is 10.0 Å². The van der Waals surface area contributed by atoms with Gasteiger partial charge in [-0.25, -0.2) is 0 Å². The van der Waals surface area contributed by atoms with Crippen molar-refractivity contribution >= 4 is 34.3 Å². The zero-order valence-electron chi connectivity index (χ0n) is 12.4. The number of amides is 1. The van der Waals surface area contributed by atoms with Crippen LogP contribution >= 0.6 is 22.7 Å². The van der Waals surface area contributed by atoms with Crippen molar-refractivity contribution in [3.05, 3.63) is 43.8 Å². The first-order chi connectivity index (χ1) is 10.7. The van der Waals surface area contributed by atoms with Gasteiger partial charge in [-0.3, -0.25) is 4.79 Å². The highest BCUT2D eigenvalue weighted by Gasteiger charge is 2.25. The zero-order valence-corrected chi connectivity index (χ0v) is 14.0. The molecule has 2 aromatic heterocycles. The SMILES string of the molecule is CN(CCc1cccs1)C(=O)c1csc2c1CCCC2=NO. The van der Waals surface area contributed by atoms with Gasteiger partial charge in [-0.1, -0.05) is 11.2 Å². The standard InChI is InChI=1S/C16H18N2O2S2/c1-18(8-7-11-4-3-9-21-11)16(19)13-10-22-15-12(13)5-2-6-14(15)17-20/h3-4,9-10,20H,2,5-8H2,1H3. The third-order valence-electron chi connectivity index (χ3n) is 3.97. The number of nitrogens with zero attached hydrogens (tertiary/aromatic N) is 2. The molecule has 0 unspecified atom stereocenters. The fourth-order valence-corrected chi connectivity index (χ4v) is 4.54. The Morgan fingerprint density at radius 2 is 2.27 bits per heavy atom. The molecule has 4 nitrogen and oxygen atoms in total. The van der Waals surface area contributed by atoms with E-state index < -0.39 is 0 Å². The molecule has 1 amide bonds. The summed E-state index contributed by atoms with van der Waals surface area (Å²) in [4.78, 5) is 16.7. The molecule has 22 heavy (non-hydrogen) atoms. The first-order valence-electron chi connectivity index (χ1n) is 7.30. The van der Waals surface area contributed by atoms with Crippen LogP contribution in [0.4, 0.5) is 0 Å². The summed E-state index contributed by atoms with van der Waals surface area (Å²) in [5.41, 5.74) is 2.54. The number of likely N-dealkylation sites (N-methyl/N-ethyl adjacent to an activating group) is 1. The van der Waals surface area contributed by atoms with E-state index in [0.717, 1.165) is 41.7 Å². The highest BCUT2D eigenvalue weighted by atomic mass is 32.1. The average Bonchev–Trinajstić information content (AvgIpc) is 3.20. The van der Waals surface area contributed by atoms with Crippen molar-refractivity contribution in [2.75, 3.05) is 13.6 Å². The molecule has 0 aromatic carbocycles. The molecule has 0 bridgehead atoms. The average molecular weight is 334 g/mol. The fraction of sp³-hybridized carbons (Fsp3) is 0.375. The number of hydrogen-bond acceptors (Lipinski definition) is 5. The van der Waals surface area contributed by atoms with Crippen molar-refractivity contribution in [2.24, 2.45) is 5.16 Å². The van der Waals surface area contributed by atoms with Crippen LogP contribution in [0.1, 0.15) is 38.5 Å². The second kappa shape index (κ2) is 6.62. The summed E-state index contributed by atoms with van der Waals surface area (Å²) in [6, 6.07) is 4.13. The summed E-state index contributed by atoms with van der Waals surface area (Å²) < 4.78 is 0. The molecule has 1 N–H and O–H groups in total. The second-order valence-corrected chi connectivity index (χ2v) is 7.33. The molecule has 1 aliphatic carbocycles. The predicted octanol–water partition coefficient (Wildman–Crippen LogP) is 3.64. The third kappa shape index (κ3) is 2.94. The number of hydrogen-bond donors (Lipinski definition) is 1. The summed E-state index contributed by atoms with van der Waals surface area (Å²) in [6.45, 7) is 0.713. The minimum Gasteiger partial charge on any atom is -0.411 e. The van der Waals surface area contributed by atoms with E-state index in [9.17, 15) is 4.79 Å². The Labute approximate surface area is 137 Å². The molecule has 0 radical (unpaired) electrons. The smallest absolute Gasteiger partial charge is 0.254 e. The number of carbonyl (C=O) groups is 1. The summed E-state index contributed by atoms with van der Waals surface area (Å²) in [5.74, 6) is 0.0632. The third-order valence-corrected chi connectivity index (χ3v) is 5.98. The number of rotatable bonds is 4. The molecule has 0 aliphatic heterocycles. The van der Waals surface area contributed by atoms with Crippen molar-refractivity contribution in [3.8, 4) is 0 Å². The van der Waals surface area contributed by atoms with E-state index in [2.05, 4.69) is 16.6 Å². The normalized spacial score (nSPS) is 15.8. The van der Waals surface area contributed by atoms with Crippen LogP contribution in [-0.2, 0) is 12.8 Å². The van der Waals surface area contributed by atoms with Crippen LogP contribution in [0.2, 0.25) is 0 Å². The van der Waals surface area contributed by atoms with Gasteiger partial charge in [0.2, 0.25) is 0 Å². The maximum Gasteiger partial charge on any atom is 0.254 e. The second-order valence-electron chi connectivity index (χ2n) is 5.41. The van der Waals surface area contributed by atoms with E-state index in [-0.39, 0.29) is 5.91 Å². The van der Waals surface area contributed by atoms with Crippen LogP contribution in [0.25, 0.3) is 0 Å². The van der Waals surface area contributed by atoms with E-state index in [1.54, 1.807) is 16.2 Å². The Hall–Kier alpha value is -1.66. The lowest BCUT2D eigenvalue weighted by atomic mass is 9.94.